The first-order valence-electron chi connectivity index (χ1n) is 5.83. The fourth-order valence-corrected chi connectivity index (χ4v) is 2.37. The van der Waals surface area contributed by atoms with Crippen LogP contribution in [0.25, 0.3) is 0 Å². The van der Waals surface area contributed by atoms with E-state index in [-0.39, 0.29) is 0 Å². The molecule has 100 valence electrons. The Morgan fingerprint density at radius 2 is 2.00 bits per heavy atom. The Labute approximate surface area is 126 Å². The molecule has 0 saturated carbocycles. The topological polar surface area (TPSA) is 18.5 Å². The quantitative estimate of drug-likeness (QED) is 0.729. The van der Waals surface area contributed by atoms with Gasteiger partial charge in [0.25, 0.3) is 0 Å². The lowest BCUT2D eigenvalue weighted by Gasteiger charge is -2.11. The van der Waals surface area contributed by atoms with Crippen LogP contribution in [0.1, 0.15) is 11.1 Å². The number of rotatable bonds is 5. The Kier molecular flexibility index (Phi) is 5.11. The van der Waals surface area contributed by atoms with Gasteiger partial charge in [-0.1, -0.05) is 28.1 Å². The second-order valence-electron chi connectivity index (χ2n) is 4.03. The second kappa shape index (κ2) is 6.83. The molecule has 0 atom stereocenters. The van der Waals surface area contributed by atoms with E-state index in [4.69, 9.17) is 21.1 Å². The van der Waals surface area contributed by atoms with Crippen molar-refractivity contribution in [1.29, 1.82) is 0 Å². The van der Waals surface area contributed by atoms with E-state index in [1.165, 1.54) is 0 Å². The molecule has 0 heterocycles. The Bertz CT molecular complexity index is 558. The fraction of sp³-hybridized carbons (Fsp3) is 0.200. The fourth-order valence-electron chi connectivity index (χ4n) is 1.72. The highest BCUT2D eigenvalue weighted by Gasteiger charge is 2.05. The summed E-state index contributed by atoms with van der Waals surface area (Å²) in [6, 6.07) is 13.7. The molecule has 2 nitrogen and oxygen atoms in total. The molecule has 0 amide bonds. The van der Waals surface area contributed by atoms with Gasteiger partial charge in [-0.05, 0) is 35.9 Å². The molecule has 2 aromatic rings. The zero-order chi connectivity index (χ0) is 13.7. The van der Waals surface area contributed by atoms with Gasteiger partial charge in [0, 0.05) is 10.0 Å². The summed E-state index contributed by atoms with van der Waals surface area (Å²) >= 11 is 9.37. The van der Waals surface area contributed by atoms with Crippen molar-refractivity contribution in [3.05, 3.63) is 58.1 Å². The molecule has 2 aromatic carbocycles. The van der Waals surface area contributed by atoms with E-state index in [1.807, 2.05) is 42.5 Å². The lowest BCUT2D eigenvalue weighted by molar-refractivity contribution is 0.303. The van der Waals surface area contributed by atoms with Crippen molar-refractivity contribution in [3.63, 3.8) is 0 Å². The van der Waals surface area contributed by atoms with Crippen LogP contribution >= 0.6 is 27.5 Å². The molecule has 0 aliphatic carbocycles. The van der Waals surface area contributed by atoms with Crippen molar-refractivity contribution in [1.82, 2.24) is 0 Å². The zero-order valence-corrected chi connectivity index (χ0v) is 12.9. The monoisotopic (exact) mass is 340 g/mol. The van der Waals surface area contributed by atoms with Gasteiger partial charge in [-0.15, -0.1) is 11.6 Å². The molecular weight excluding hydrogens is 328 g/mol. The largest absolute Gasteiger partial charge is 0.497 e. The number of methoxy groups -OCH3 is 1. The third kappa shape index (κ3) is 3.88. The van der Waals surface area contributed by atoms with Crippen LogP contribution in [0, 0.1) is 0 Å². The maximum atomic E-state index is 5.92. The van der Waals surface area contributed by atoms with E-state index < -0.39 is 0 Å². The molecule has 0 fully saturated rings. The Balaban J connectivity index is 2.11. The van der Waals surface area contributed by atoms with Crippen molar-refractivity contribution in [3.8, 4) is 11.5 Å². The van der Waals surface area contributed by atoms with E-state index in [9.17, 15) is 0 Å². The Hall–Kier alpha value is -1.19. The van der Waals surface area contributed by atoms with Crippen LogP contribution in [0.5, 0.6) is 11.5 Å². The summed E-state index contributed by atoms with van der Waals surface area (Å²) in [7, 11) is 1.63. The molecule has 0 bridgehead atoms. The van der Waals surface area contributed by atoms with Gasteiger partial charge in [0.1, 0.15) is 18.1 Å². The predicted octanol–water partition coefficient (Wildman–Crippen LogP) is 4.78. The van der Waals surface area contributed by atoms with Crippen molar-refractivity contribution < 1.29 is 9.47 Å². The first-order valence-corrected chi connectivity index (χ1v) is 7.16. The molecule has 0 spiro atoms. The number of ether oxygens (including phenoxy) is 2. The molecule has 0 unspecified atom stereocenters. The second-order valence-corrected chi connectivity index (χ2v) is 5.21. The average molecular weight is 342 g/mol. The summed E-state index contributed by atoms with van der Waals surface area (Å²) in [4.78, 5) is 0. The van der Waals surface area contributed by atoms with Gasteiger partial charge in [-0.2, -0.15) is 0 Å². The van der Waals surface area contributed by atoms with Gasteiger partial charge in [0.2, 0.25) is 0 Å². The van der Waals surface area contributed by atoms with Crippen LogP contribution in [0.2, 0.25) is 0 Å². The molecule has 2 rings (SSSR count). The summed E-state index contributed by atoms with van der Waals surface area (Å²) < 4.78 is 12.0. The highest BCUT2D eigenvalue weighted by atomic mass is 79.9. The standard InChI is InChI=1S/C15H14BrClO2/c1-18-14-5-6-15(12(8-14)9-17)19-10-11-3-2-4-13(16)7-11/h2-8H,9-10H2,1H3. The SMILES string of the molecule is COc1ccc(OCc2cccc(Br)c2)c(CCl)c1. The van der Waals surface area contributed by atoms with E-state index in [1.54, 1.807) is 7.11 Å². The first kappa shape index (κ1) is 14.2. The summed E-state index contributed by atoms with van der Waals surface area (Å²) in [5.41, 5.74) is 2.03. The van der Waals surface area contributed by atoms with Crippen LogP contribution in [0.4, 0.5) is 0 Å². The molecule has 0 aliphatic rings. The van der Waals surface area contributed by atoms with E-state index >= 15 is 0 Å². The maximum absolute atomic E-state index is 5.92. The molecule has 4 heteroatoms. The summed E-state index contributed by atoms with van der Waals surface area (Å²) in [6.45, 7) is 0.510. The summed E-state index contributed by atoms with van der Waals surface area (Å²) in [5.74, 6) is 1.96. The van der Waals surface area contributed by atoms with Crippen molar-refractivity contribution in [2.24, 2.45) is 0 Å². The summed E-state index contributed by atoms with van der Waals surface area (Å²) in [5, 5.41) is 0. The normalized spacial score (nSPS) is 10.3. The lowest BCUT2D eigenvalue weighted by atomic mass is 10.2. The third-order valence-corrected chi connectivity index (χ3v) is 3.48. The Morgan fingerprint density at radius 3 is 2.68 bits per heavy atom. The number of alkyl halides is 1. The van der Waals surface area contributed by atoms with Crippen molar-refractivity contribution in [2.45, 2.75) is 12.5 Å². The summed E-state index contributed by atoms with van der Waals surface area (Å²) in [6.07, 6.45) is 0. The van der Waals surface area contributed by atoms with Crippen LogP contribution in [0.15, 0.2) is 46.9 Å². The molecule has 0 N–H and O–H groups in total. The predicted molar refractivity (Wildman–Crippen MR) is 81.0 cm³/mol. The number of hydrogen-bond donors (Lipinski definition) is 0. The lowest BCUT2D eigenvalue weighted by Crippen LogP contribution is -1.98. The van der Waals surface area contributed by atoms with Crippen molar-refractivity contribution in [2.75, 3.05) is 7.11 Å². The first-order chi connectivity index (χ1) is 9.22. The van der Waals surface area contributed by atoms with E-state index in [0.29, 0.717) is 12.5 Å². The smallest absolute Gasteiger partial charge is 0.124 e. The molecule has 0 saturated heterocycles. The maximum Gasteiger partial charge on any atom is 0.124 e. The van der Waals surface area contributed by atoms with Gasteiger partial charge in [-0.25, -0.2) is 0 Å². The van der Waals surface area contributed by atoms with Gasteiger partial charge in [0.15, 0.2) is 0 Å². The van der Waals surface area contributed by atoms with Crippen LogP contribution in [0.3, 0.4) is 0 Å². The number of hydrogen-bond acceptors (Lipinski definition) is 2. The van der Waals surface area contributed by atoms with Gasteiger partial charge in [0.05, 0.1) is 13.0 Å². The molecule has 0 aliphatic heterocycles. The Morgan fingerprint density at radius 1 is 1.16 bits per heavy atom. The number of benzene rings is 2. The highest BCUT2D eigenvalue weighted by molar-refractivity contribution is 9.10. The van der Waals surface area contributed by atoms with Crippen LogP contribution in [-0.2, 0) is 12.5 Å². The van der Waals surface area contributed by atoms with Gasteiger partial charge in [-0.3, -0.25) is 0 Å². The highest BCUT2D eigenvalue weighted by Crippen LogP contribution is 2.26. The van der Waals surface area contributed by atoms with Gasteiger partial charge < -0.3 is 9.47 Å². The van der Waals surface area contributed by atoms with E-state index in [2.05, 4.69) is 15.9 Å². The minimum Gasteiger partial charge on any atom is -0.497 e. The van der Waals surface area contributed by atoms with E-state index in [0.717, 1.165) is 27.1 Å². The molecule has 0 aromatic heterocycles. The third-order valence-electron chi connectivity index (χ3n) is 2.69. The molecular formula is C15H14BrClO2. The van der Waals surface area contributed by atoms with Crippen molar-refractivity contribution >= 4 is 27.5 Å². The number of halogens is 2. The zero-order valence-electron chi connectivity index (χ0n) is 10.5. The van der Waals surface area contributed by atoms with Crippen LogP contribution < -0.4 is 9.47 Å². The molecule has 0 radical (unpaired) electrons. The minimum atomic E-state index is 0.394. The average Bonchev–Trinajstić information content (AvgIpc) is 2.45. The van der Waals surface area contributed by atoms with Gasteiger partial charge >= 0.3 is 0 Å². The molecule has 19 heavy (non-hydrogen) atoms. The minimum absolute atomic E-state index is 0.394. The van der Waals surface area contributed by atoms with Crippen LogP contribution in [-0.4, -0.2) is 7.11 Å².